The summed E-state index contributed by atoms with van der Waals surface area (Å²) in [6.07, 6.45) is 5.93. The maximum absolute atomic E-state index is 13.0. The first-order chi connectivity index (χ1) is 14.2. The van der Waals surface area contributed by atoms with Gasteiger partial charge in [-0.05, 0) is 55.5 Å². The molecule has 0 fully saturated rings. The summed E-state index contributed by atoms with van der Waals surface area (Å²) in [5.41, 5.74) is 5.39. The van der Waals surface area contributed by atoms with Crippen molar-refractivity contribution in [1.29, 1.82) is 0 Å². The van der Waals surface area contributed by atoms with Gasteiger partial charge in [0.15, 0.2) is 0 Å². The number of para-hydroxylation sites is 1. The zero-order valence-electron chi connectivity index (χ0n) is 16.0. The van der Waals surface area contributed by atoms with Gasteiger partial charge in [0.25, 0.3) is 0 Å². The van der Waals surface area contributed by atoms with Gasteiger partial charge in [0.05, 0.1) is 34.9 Å². The topological polar surface area (TPSA) is 77.0 Å². The van der Waals surface area contributed by atoms with E-state index in [4.69, 9.17) is 4.74 Å². The highest BCUT2D eigenvalue weighted by molar-refractivity contribution is 5.97. The number of carbonyl (C=O) groups is 2. The minimum atomic E-state index is -0.436. The normalized spacial score (nSPS) is 13.5. The molecule has 0 spiro atoms. The minimum absolute atomic E-state index is 0.0267. The van der Waals surface area contributed by atoms with Crippen molar-refractivity contribution < 1.29 is 14.3 Å². The number of nitrogens with one attached hydrogen (secondary N) is 1. The van der Waals surface area contributed by atoms with Gasteiger partial charge in [-0.2, -0.15) is 0 Å². The van der Waals surface area contributed by atoms with Crippen LogP contribution < -0.4 is 0 Å². The van der Waals surface area contributed by atoms with E-state index in [1.54, 1.807) is 24.5 Å². The predicted octanol–water partition coefficient (Wildman–Crippen LogP) is 4.28. The summed E-state index contributed by atoms with van der Waals surface area (Å²) in [4.78, 5) is 32.5. The average Bonchev–Trinajstić information content (AvgIpc) is 3.35. The molecule has 0 saturated heterocycles. The molecule has 0 aliphatic heterocycles. The van der Waals surface area contributed by atoms with Gasteiger partial charge in [-0.15, -0.1) is 0 Å². The molecule has 0 amide bonds. The van der Waals surface area contributed by atoms with Crippen molar-refractivity contribution in [3.63, 3.8) is 0 Å². The predicted molar refractivity (Wildman–Crippen MR) is 110 cm³/mol. The van der Waals surface area contributed by atoms with Gasteiger partial charge in [0.2, 0.25) is 5.91 Å². The first kappa shape index (κ1) is 17.7. The highest BCUT2D eigenvalue weighted by atomic mass is 16.5. The third kappa shape index (κ3) is 3.10. The molecule has 0 bridgehead atoms. The Bertz CT molecular complexity index is 1230. The molecule has 2 aromatic carbocycles. The van der Waals surface area contributed by atoms with E-state index in [2.05, 4.69) is 16.0 Å². The third-order valence-electron chi connectivity index (χ3n) is 5.63. The Morgan fingerprint density at radius 1 is 1.10 bits per heavy atom. The standard InChI is InChI=1S/C23H21N3O3/c27-22(11-12-29-23(28)15-9-10-18-19(13-15)25-14-24-18)26-20-7-3-1-5-16(20)17-6-2-4-8-21(17)26/h1,3,5,7,9-10,13-14H,2,4,6,8,11-12H2,(H,24,25). The molecule has 2 aromatic heterocycles. The van der Waals surface area contributed by atoms with E-state index in [0.29, 0.717) is 5.56 Å². The Labute approximate surface area is 167 Å². The second-order valence-corrected chi connectivity index (χ2v) is 7.40. The fourth-order valence-corrected chi connectivity index (χ4v) is 4.27. The van der Waals surface area contributed by atoms with E-state index in [-0.39, 0.29) is 18.9 Å². The van der Waals surface area contributed by atoms with Gasteiger partial charge in [0.1, 0.15) is 6.61 Å². The van der Waals surface area contributed by atoms with Crippen LogP contribution in [0.4, 0.5) is 0 Å². The van der Waals surface area contributed by atoms with Gasteiger partial charge in [-0.3, -0.25) is 9.36 Å². The number of benzene rings is 2. The fourth-order valence-electron chi connectivity index (χ4n) is 4.27. The number of esters is 1. The van der Waals surface area contributed by atoms with Crippen molar-refractivity contribution >= 4 is 33.8 Å². The summed E-state index contributed by atoms with van der Waals surface area (Å²) in [6.45, 7) is 0.0555. The lowest BCUT2D eigenvalue weighted by Crippen LogP contribution is -2.18. The van der Waals surface area contributed by atoms with E-state index in [9.17, 15) is 9.59 Å². The molecule has 146 valence electrons. The summed E-state index contributed by atoms with van der Waals surface area (Å²) < 4.78 is 7.21. The SMILES string of the molecule is O=C(OCCC(=O)n1c2c(c3ccccc31)CCCC2)c1ccc2nc[nH]c2c1. The third-order valence-corrected chi connectivity index (χ3v) is 5.63. The highest BCUT2D eigenvalue weighted by Crippen LogP contribution is 2.32. The van der Waals surface area contributed by atoms with E-state index in [1.807, 2.05) is 22.8 Å². The van der Waals surface area contributed by atoms with E-state index in [0.717, 1.165) is 47.9 Å². The van der Waals surface area contributed by atoms with Crippen LogP contribution in [0, 0.1) is 0 Å². The van der Waals surface area contributed by atoms with E-state index < -0.39 is 5.97 Å². The maximum atomic E-state index is 13.0. The number of nitrogens with zero attached hydrogens (tertiary/aromatic N) is 2. The molecule has 1 aliphatic carbocycles. The molecule has 6 nitrogen and oxygen atoms in total. The van der Waals surface area contributed by atoms with Crippen molar-refractivity contribution in [2.24, 2.45) is 0 Å². The number of fused-ring (bicyclic) bond motifs is 4. The molecule has 1 aliphatic rings. The fraction of sp³-hybridized carbons (Fsp3) is 0.261. The van der Waals surface area contributed by atoms with Crippen LogP contribution in [0.3, 0.4) is 0 Å². The largest absolute Gasteiger partial charge is 0.462 e. The smallest absolute Gasteiger partial charge is 0.338 e. The van der Waals surface area contributed by atoms with Gasteiger partial charge in [-0.1, -0.05) is 18.2 Å². The van der Waals surface area contributed by atoms with Crippen LogP contribution in [0.25, 0.3) is 21.9 Å². The molecular weight excluding hydrogens is 366 g/mol. The molecule has 0 saturated carbocycles. The molecule has 2 heterocycles. The first-order valence-corrected chi connectivity index (χ1v) is 9.97. The summed E-state index contributed by atoms with van der Waals surface area (Å²) in [7, 11) is 0. The average molecular weight is 387 g/mol. The second-order valence-electron chi connectivity index (χ2n) is 7.40. The zero-order valence-corrected chi connectivity index (χ0v) is 16.0. The van der Waals surface area contributed by atoms with E-state index >= 15 is 0 Å². The Balaban J connectivity index is 1.31. The first-order valence-electron chi connectivity index (χ1n) is 9.97. The number of aromatic nitrogens is 3. The number of aryl methyl sites for hydroxylation is 1. The minimum Gasteiger partial charge on any atom is -0.462 e. The summed E-state index contributed by atoms with van der Waals surface area (Å²) >= 11 is 0. The number of imidazole rings is 1. The van der Waals surface area contributed by atoms with Crippen LogP contribution in [0.2, 0.25) is 0 Å². The lowest BCUT2D eigenvalue weighted by atomic mass is 9.95. The Morgan fingerprint density at radius 3 is 2.90 bits per heavy atom. The summed E-state index contributed by atoms with van der Waals surface area (Å²) in [5.74, 6) is -0.463. The molecule has 0 unspecified atom stereocenters. The number of H-pyrrole nitrogens is 1. The summed E-state index contributed by atoms with van der Waals surface area (Å²) in [6, 6.07) is 13.2. The lowest BCUT2D eigenvalue weighted by Gasteiger charge is -2.15. The van der Waals surface area contributed by atoms with Gasteiger partial charge in [0, 0.05) is 11.1 Å². The van der Waals surface area contributed by atoms with Gasteiger partial charge in [-0.25, -0.2) is 9.78 Å². The van der Waals surface area contributed by atoms with Crippen molar-refractivity contribution in [3.05, 3.63) is 65.6 Å². The number of hydrogen-bond acceptors (Lipinski definition) is 4. The molecule has 29 heavy (non-hydrogen) atoms. The maximum Gasteiger partial charge on any atom is 0.338 e. The van der Waals surface area contributed by atoms with Crippen LogP contribution in [0.5, 0.6) is 0 Å². The molecule has 0 atom stereocenters. The molecule has 0 radical (unpaired) electrons. The monoisotopic (exact) mass is 387 g/mol. The number of ether oxygens (including phenoxy) is 1. The molecule has 4 aromatic rings. The molecule has 6 heteroatoms. The van der Waals surface area contributed by atoms with Crippen LogP contribution in [-0.2, 0) is 17.6 Å². The van der Waals surface area contributed by atoms with Crippen molar-refractivity contribution in [1.82, 2.24) is 14.5 Å². The Morgan fingerprint density at radius 2 is 1.97 bits per heavy atom. The highest BCUT2D eigenvalue weighted by Gasteiger charge is 2.23. The number of hydrogen-bond donors (Lipinski definition) is 1. The number of carbonyl (C=O) groups excluding carboxylic acids is 2. The molecule has 1 N–H and O–H groups in total. The van der Waals surface area contributed by atoms with Crippen LogP contribution in [0.1, 0.15) is 45.7 Å². The van der Waals surface area contributed by atoms with Crippen LogP contribution in [-0.4, -0.2) is 33.0 Å². The molecule has 5 rings (SSSR count). The Hall–Kier alpha value is -3.41. The second kappa shape index (κ2) is 7.20. The number of rotatable bonds is 4. The van der Waals surface area contributed by atoms with Gasteiger partial charge < -0.3 is 9.72 Å². The van der Waals surface area contributed by atoms with E-state index in [1.165, 1.54) is 10.9 Å². The molecular formula is C23H21N3O3. The summed E-state index contributed by atoms with van der Waals surface area (Å²) in [5, 5.41) is 1.17. The van der Waals surface area contributed by atoms with Gasteiger partial charge >= 0.3 is 5.97 Å². The van der Waals surface area contributed by atoms with Crippen molar-refractivity contribution in [2.45, 2.75) is 32.1 Å². The van der Waals surface area contributed by atoms with Crippen LogP contribution >= 0.6 is 0 Å². The van der Waals surface area contributed by atoms with Crippen LogP contribution in [0.15, 0.2) is 48.8 Å². The Kier molecular flexibility index (Phi) is 4.39. The zero-order chi connectivity index (χ0) is 19.8. The quantitative estimate of drug-likeness (QED) is 0.530. The van der Waals surface area contributed by atoms with Crippen molar-refractivity contribution in [3.8, 4) is 0 Å². The lowest BCUT2D eigenvalue weighted by molar-refractivity contribution is 0.0489. The number of aromatic amines is 1. The van der Waals surface area contributed by atoms with Crippen molar-refractivity contribution in [2.75, 3.05) is 6.61 Å².